The summed E-state index contributed by atoms with van der Waals surface area (Å²) < 4.78 is 31.4. The number of nitriles is 2. The highest BCUT2D eigenvalue weighted by Crippen LogP contribution is 2.08. The number of carbonyl (C=O) groups is 2. The molecule has 144 valence electrons. The second kappa shape index (κ2) is 10.9. The molecule has 0 saturated heterocycles. The molecule has 0 aliphatic rings. The van der Waals surface area contributed by atoms with Crippen molar-refractivity contribution in [3.63, 3.8) is 0 Å². The van der Waals surface area contributed by atoms with Gasteiger partial charge in [-0.15, -0.1) is 0 Å². The molecule has 1 aromatic carbocycles. The van der Waals surface area contributed by atoms with Crippen molar-refractivity contribution in [3.8, 4) is 12.1 Å². The molecule has 0 aliphatic carbocycles. The number of esters is 1. The second-order valence-corrected chi connectivity index (χ2v) is 7.17. The molecule has 1 unspecified atom stereocenters. The van der Waals surface area contributed by atoms with Crippen molar-refractivity contribution in [2.75, 3.05) is 19.7 Å². The summed E-state index contributed by atoms with van der Waals surface area (Å²) in [5.74, 6) is -1.48. The number of sulfonamides is 1. The molecule has 0 bridgehead atoms. The van der Waals surface area contributed by atoms with Crippen LogP contribution in [-0.4, -0.2) is 50.9 Å². The predicted molar refractivity (Wildman–Crippen MR) is 94.2 cm³/mol. The van der Waals surface area contributed by atoms with E-state index in [4.69, 9.17) is 15.3 Å². The fourth-order valence-electron chi connectivity index (χ4n) is 2.03. The molecule has 0 fully saturated rings. The van der Waals surface area contributed by atoms with Crippen LogP contribution in [0.1, 0.15) is 19.8 Å². The van der Waals surface area contributed by atoms with E-state index in [1.807, 2.05) is 12.1 Å². The van der Waals surface area contributed by atoms with E-state index in [1.165, 1.54) is 24.0 Å². The number of ether oxygens (including phenoxy) is 1. The Balaban J connectivity index is 2.60. The minimum absolute atomic E-state index is 0.0000847. The summed E-state index contributed by atoms with van der Waals surface area (Å²) in [7, 11) is -3.90. The van der Waals surface area contributed by atoms with E-state index >= 15 is 0 Å². The average Bonchev–Trinajstić information content (AvgIpc) is 2.66. The number of rotatable bonds is 10. The van der Waals surface area contributed by atoms with E-state index in [0.29, 0.717) is 0 Å². The van der Waals surface area contributed by atoms with Crippen molar-refractivity contribution in [3.05, 3.63) is 30.3 Å². The maximum Gasteiger partial charge on any atom is 0.324 e. The molecule has 1 aromatic rings. The lowest BCUT2D eigenvalue weighted by molar-refractivity contribution is -0.153. The lowest BCUT2D eigenvalue weighted by Crippen LogP contribution is -2.42. The molecular formula is C17H20N4O5S. The molecule has 0 spiro atoms. The van der Waals surface area contributed by atoms with Crippen LogP contribution in [0.4, 0.5) is 0 Å². The largest absolute Gasteiger partial charge is 0.454 e. The zero-order valence-corrected chi connectivity index (χ0v) is 15.6. The molecule has 1 N–H and O–H groups in total. The van der Waals surface area contributed by atoms with Gasteiger partial charge in [-0.1, -0.05) is 18.2 Å². The first-order valence-corrected chi connectivity index (χ1v) is 9.56. The highest BCUT2D eigenvalue weighted by molar-refractivity contribution is 7.89. The van der Waals surface area contributed by atoms with Crippen LogP contribution >= 0.6 is 0 Å². The first-order valence-electron chi connectivity index (χ1n) is 8.07. The number of carbonyl (C=O) groups excluding carboxylic acids is 2. The Kier molecular flexibility index (Phi) is 8.93. The summed E-state index contributed by atoms with van der Waals surface area (Å²) in [6, 6.07) is 10.1. The van der Waals surface area contributed by atoms with Crippen molar-refractivity contribution in [2.24, 2.45) is 0 Å². The van der Waals surface area contributed by atoms with E-state index in [1.54, 1.807) is 18.2 Å². The Labute approximate surface area is 158 Å². The summed E-state index contributed by atoms with van der Waals surface area (Å²) in [5, 5.41) is 17.2. The number of nitrogens with zero attached hydrogens (tertiary/aromatic N) is 3. The average molecular weight is 392 g/mol. The molecule has 0 aromatic heterocycles. The summed E-state index contributed by atoms with van der Waals surface area (Å²) in [6.45, 7) is 0.930. The summed E-state index contributed by atoms with van der Waals surface area (Å²) in [4.78, 5) is 25.3. The van der Waals surface area contributed by atoms with Gasteiger partial charge >= 0.3 is 5.97 Å². The number of amides is 1. The molecular weight excluding hydrogens is 372 g/mol. The number of benzene rings is 1. The maximum absolute atomic E-state index is 12.2. The Morgan fingerprint density at radius 2 is 1.70 bits per heavy atom. The maximum atomic E-state index is 12.2. The topological polar surface area (TPSA) is 140 Å². The fourth-order valence-corrected chi connectivity index (χ4v) is 3.24. The summed E-state index contributed by atoms with van der Waals surface area (Å²) >= 11 is 0. The van der Waals surface area contributed by atoms with Gasteiger partial charge in [0.1, 0.15) is 6.04 Å². The number of hydrogen-bond acceptors (Lipinski definition) is 7. The SMILES string of the molecule is CC(NS(=O)(=O)c1ccccc1)C(=O)OCC(=O)N(CCC#N)CCC#N. The van der Waals surface area contributed by atoms with E-state index in [2.05, 4.69) is 4.72 Å². The predicted octanol–water partition coefficient (Wildman–Crippen LogP) is 0.553. The highest BCUT2D eigenvalue weighted by atomic mass is 32.2. The van der Waals surface area contributed by atoms with Gasteiger partial charge in [-0.25, -0.2) is 8.42 Å². The lowest BCUT2D eigenvalue weighted by atomic mass is 10.3. The quantitative estimate of drug-likeness (QED) is 0.573. The van der Waals surface area contributed by atoms with Crippen molar-refractivity contribution in [1.29, 1.82) is 10.5 Å². The van der Waals surface area contributed by atoms with Gasteiger partial charge < -0.3 is 9.64 Å². The Bertz CT molecular complexity index is 809. The molecule has 27 heavy (non-hydrogen) atoms. The van der Waals surface area contributed by atoms with Crippen molar-refractivity contribution < 1.29 is 22.7 Å². The van der Waals surface area contributed by atoms with E-state index in [-0.39, 0.29) is 30.8 Å². The Morgan fingerprint density at radius 3 is 2.22 bits per heavy atom. The van der Waals surface area contributed by atoms with E-state index < -0.39 is 34.5 Å². The standard InChI is InChI=1S/C17H20N4O5S/c1-14(20-27(24,25)15-7-3-2-4-8-15)17(23)26-13-16(22)21(11-5-9-18)12-6-10-19/h2-4,7-8,14,20H,5-6,11-13H2,1H3. The first kappa shape index (κ1) is 22.1. The third-order valence-corrected chi connectivity index (χ3v) is 4.97. The monoisotopic (exact) mass is 392 g/mol. The van der Waals surface area contributed by atoms with Gasteiger partial charge in [-0.3, -0.25) is 9.59 Å². The van der Waals surface area contributed by atoms with Crippen LogP contribution in [0.3, 0.4) is 0 Å². The van der Waals surface area contributed by atoms with Gasteiger partial charge in [-0.05, 0) is 19.1 Å². The van der Waals surface area contributed by atoms with Crippen molar-refractivity contribution in [2.45, 2.75) is 30.7 Å². The number of hydrogen-bond donors (Lipinski definition) is 1. The normalized spacial score (nSPS) is 11.7. The van der Waals surface area contributed by atoms with Gasteiger partial charge in [0.05, 0.1) is 29.9 Å². The zero-order valence-electron chi connectivity index (χ0n) is 14.8. The van der Waals surface area contributed by atoms with Crippen LogP contribution in [0.5, 0.6) is 0 Å². The third kappa shape index (κ3) is 7.44. The van der Waals surface area contributed by atoms with Gasteiger partial charge in [-0.2, -0.15) is 15.2 Å². The van der Waals surface area contributed by atoms with Crippen LogP contribution in [-0.2, 0) is 24.3 Å². The molecule has 0 saturated carbocycles. The zero-order chi connectivity index (χ0) is 20.3. The second-order valence-electron chi connectivity index (χ2n) is 5.46. The summed E-state index contributed by atoms with van der Waals surface area (Å²) in [6.07, 6.45) is 0.163. The summed E-state index contributed by atoms with van der Waals surface area (Å²) in [5.41, 5.74) is 0. The number of nitrogens with one attached hydrogen (secondary N) is 1. The molecule has 0 heterocycles. The van der Waals surface area contributed by atoms with Crippen molar-refractivity contribution >= 4 is 21.9 Å². The van der Waals surface area contributed by atoms with Crippen LogP contribution in [0.15, 0.2) is 35.2 Å². The van der Waals surface area contributed by atoms with Crippen LogP contribution in [0.25, 0.3) is 0 Å². The van der Waals surface area contributed by atoms with Crippen LogP contribution in [0.2, 0.25) is 0 Å². The van der Waals surface area contributed by atoms with Gasteiger partial charge in [0.15, 0.2) is 6.61 Å². The fraction of sp³-hybridized carbons (Fsp3) is 0.412. The minimum Gasteiger partial charge on any atom is -0.454 e. The minimum atomic E-state index is -3.90. The molecule has 0 radical (unpaired) electrons. The van der Waals surface area contributed by atoms with E-state index in [9.17, 15) is 18.0 Å². The lowest BCUT2D eigenvalue weighted by Gasteiger charge is -2.20. The third-order valence-electron chi connectivity index (χ3n) is 3.42. The smallest absolute Gasteiger partial charge is 0.324 e. The first-order chi connectivity index (χ1) is 12.8. The van der Waals surface area contributed by atoms with Gasteiger partial charge in [0.2, 0.25) is 10.0 Å². The molecule has 9 nitrogen and oxygen atoms in total. The van der Waals surface area contributed by atoms with Crippen LogP contribution in [0, 0.1) is 22.7 Å². The molecule has 1 amide bonds. The van der Waals surface area contributed by atoms with Crippen molar-refractivity contribution in [1.82, 2.24) is 9.62 Å². The molecule has 0 aliphatic heterocycles. The highest BCUT2D eigenvalue weighted by Gasteiger charge is 2.24. The van der Waals surface area contributed by atoms with Gasteiger partial charge in [0.25, 0.3) is 5.91 Å². The Morgan fingerprint density at radius 1 is 1.15 bits per heavy atom. The van der Waals surface area contributed by atoms with Crippen LogP contribution < -0.4 is 4.72 Å². The van der Waals surface area contributed by atoms with E-state index in [0.717, 1.165) is 0 Å². The van der Waals surface area contributed by atoms with Gasteiger partial charge in [0, 0.05) is 13.1 Å². The Hall–Kier alpha value is -2.95. The molecule has 1 atom stereocenters. The molecule has 10 heteroatoms. The molecule has 1 rings (SSSR count).